The van der Waals surface area contributed by atoms with Gasteiger partial charge in [0, 0.05) is 0 Å². The van der Waals surface area contributed by atoms with E-state index in [9.17, 15) is 4.79 Å². The molecule has 1 unspecified atom stereocenters. The molecule has 1 N–H and O–H groups in total. The second-order valence-corrected chi connectivity index (χ2v) is 8.55. The van der Waals surface area contributed by atoms with Crippen molar-refractivity contribution in [3.63, 3.8) is 0 Å². The molecule has 0 aromatic heterocycles. The Labute approximate surface area is 79.4 Å². The van der Waals surface area contributed by atoms with Gasteiger partial charge in [0.05, 0.1) is 12.5 Å². The van der Waals surface area contributed by atoms with E-state index in [-0.39, 0.29) is 6.42 Å². The predicted octanol–water partition coefficient (Wildman–Crippen LogP) is 1.48. The maximum Gasteiger partial charge on any atom is 0.305 e. The van der Waals surface area contributed by atoms with Crippen LogP contribution in [-0.4, -0.2) is 19.1 Å². The zero-order valence-electron chi connectivity index (χ0n) is 8.09. The van der Waals surface area contributed by atoms with Gasteiger partial charge in [-0.25, -0.2) is 0 Å². The third-order valence-electron chi connectivity index (χ3n) is 1.16. The zero-order chi connectivity index (χ0) is 10.5. The van der Waals surface area contributed by atoms with Gasteiger partial charge in [-0.05, 0) is 0 Å². The molecular weight excluding hydrogens is 182 g/mol. The lowest BCUT2D eigenvalue weighted by molar-refractivity contribution is -0.137. The van der Waals surface area contributed by atoms with E-state index in [1.54, 1.807) is 0 Å². The van der Waals surface area contributed by atoms with Crippen molar-refractivity contribution in [2.45, 2.75) is 26.1 Å². The van der Waals surface area contributed by atoms with Crippen LogP contribution in [0.25, 0.3) is 0 Å². The van der Waals surface area contributed by atoms with Crippen LogP contribution in [0.3, 0.4) is 0 Å². The Kier molecular flexibility index (Phi) is 4.23. The normalized spacial score (nSPS) is 12.2. The lowest BCUT2D eigenvalue weighted by Crippen LogP contribution is -2.17. The predicted molar refractivity (Wildman–Crippen MR) is 52.5 cm³/mol. The highest BCUT2D eigenvalue weighted by Crippen LogP contribution is 2.02. The maximum atomic E-state index is 10.3. The smallest absolute Gasteiger partial charge is 0.305 e. The summed E-state index contributed by atoms with van der Waals surface area (Å²) >= 11 is 0. The van der Waals surface area contributed by atoms with Crippen LogP contribution in [0.5, 0.6) is 0 Å². The minimum Gasteiger partial charge on any atom is -0.481 e. The largest absolute Gasteiger partial charge is 0.481 e. The van der Waals surface area contributed by atoms with Gasteiger partial charge in [0.2, 0.25) is 0 Å². The SMILES string of the molecule is C[Si](C)(C)C#CC(C#N)CC(=O)O. The number of hydrogen-bond donors (Lipinski definition) is 1. The van der Waals surface area contributed by atoms with Crippen LogP contribution in [0.4, 0.5) is 0 Å². The molecule has 0 aliphatic heterocycles. The third-order valence-corrected chi connectivity index (χ3v) is 2.05. The topological polar surface area (TPSA) is 61.1 Å². The molecule has 0 rings (SSSR count). The summed E-state index contributed by atoms with van der Waals surface area (Å²) in [6.07, 6.45) is -0.187. The van der Waals surface area contributed by atoms with Gasteiger partial charge in [-0.1, -0.05) is 25.6 Å². The van der Waals surface area contributed by atoms with Crippen LogP contribution in [-0.2, 0) is 4.79 Å². The molecule has 0 spiro atoms. The highest BCUT2D eigenvalue weighted by molar-refractivity contribution is 6.83. The van der Waals surface area contributed by atoms with E-state index in [0.717, 1.165) is 0 Å². The van der Waals surface area contributed by atoms with Gasteiger partial charge in [-0.3, -0.25) is 4.79 Å². The molecule has 4 heteroatoms. The fourth-order valence-corrected chi connectivity index (χ4v) is 1.21. The molecule has 0 saturated carbocycles. The monoisotopic (exact) mass is 195 g/mol. The summed E-state index contributed by atoms with van der Waals surface area (Å²) in [5.74, 6) is 1.07. The first kappa shape index (κ1) is 11.7. The highest BCUT2D eigenvalue weighted by atomic mass is 28.3. The second-order valence-electron chi connectivity index (χ2n) is 3.80. The summed E-state index contributed by atoms with van der Waals surface area (Å²) in [5.41, 5.74) is 2.98. The maximum absolute atomic E-state index is 10.3. The van der Waals surface area contributed by atoms with Gasteiger partial charge in [0.15, 0.2) is 0 Å². The standard InChI is InChI=1S/C9H13NO2Si/c1-13(2,3)5-4-8(7-10)6-9(11)12/h8H,6H2,1-3H3,(H,11,12). The first-order valence-electron chi connectivity index (χ1n) is 3.99. The molecule has 0 amide bonds. The van der Waals surface area contributed by atoms with Crippen molar-refractivity contribution in [3.05, 3.63) is 0 Å². The summed E-state index contributed by atoms with van der Waals surface area (Å²) in [4.78, 5) is 10.3. The van der Waals surface area contributed by atoms with Crippen molar-refractivity contribution in [1.29, 1.82) is 5.26 Å². The number of rotatable bonds is 2. The van der Waals surface area contributed by atoms with Crippen molar-refractivity contribution >= 4 is 14.0 Å². The van der Waals surface area contributed by atoms with Gasteiger partial charge >= 0.3 is 5.97 Å². The number of carboxylic acid groups (broad SMARTS) is 1. The summed E-state index contributed by atoms with van der Waals surface area (Å²) in [6, 6.07) is 1.87. The lowest BCUT2D eigenvalue weighted by Gasteiger charge is -2.04. The molecule has 0 fully saturated rings. The Hall–Kier alpha value is -1.26. The Morgan fingerprint density at radius 3 is 2.38 bits per heavy atom. The van der Waals surface area contributed by atoms with Crippen molar-refractivity contribution in [2.24, 2.45) is 5.92 Å². The molecule has 3 nitrogen and oxygen atoms in total. The average Bonchev–Trinajstić information content (AvgIpc) is 1.95. The van der Waals surface area contributed by atoms with Crippen molar-refractivity contribution in [1.82, 2.24) is 0 Å². The molecule has 0 bridgehead atoms. The van der Waals surface area contributed by atoms with Gasteiger partial charge in [0.25, 0.3) is 0 Å². The fraction of sp³-hybridized carbons (Fsp3) is 0.556. The van der Waals surface area contributed by atoms with Crippen LogP contribution in [0.2, 0.25) is 19.6 Å². The zero-order valence-corrected chi connectivity index (χ0v) is 9.09. The number of aliphatic carboxylic acids is 1. The lowest BCUT2D eigenvalue weighted by atomic mass is 10.1. The molecule has 0 aliphatic rings. The quantitative estimate of drug-likeness (QED) is 0.536. The summed E-state index contributed by atoms with van der Waals surface area (Å²) in [7, 11) is -1.49. The molecule has 0 heterocycles. The number of hydrogen-bond acceptors (Lipinski definition) is 2. The summed E-state index contributed by atoms with van der Waals surface area (Å²) in [5, 5.41) is 17.0. The van der Waals surface area contributed by atoms with E-state index in [4.69, 9.17) is 10.4 Å². The average molecular weight is 195 g/mol. The van der Waals surface area contributed by atoms with E-state index < -0.39 is 20.0 Å². The van der Waals surface area contributed by atoms with Gasteiger partial charge in [-0.2, -0.15) is 5.26 Å². The summed E-state index contributed by atoms with van der Waals surface area (Å²) in [6.45, 7) is 6.15. The fourth-order valence-electron chi connectivity index (χ4n) is 0.607. The molecule has 0 aliphatic carbocycles. The van der Waals surface area contributed by atoms with E-state index in [1.165, 1.54) is 0 Å². The number of nitrogens with zero attached hydrogens (tertiary/aromatic N) is 1. The van der Waals surface area contributed by atoms with Crippen LogP contribution in [0.1, 0.15) is 6.42 Å². The number of carboxylic acids is 1. The number of carbonyl (C=O) groups is 1. The first-order chi connectivity index (χ1) is 5.85. The molecule has 1 atom stereocenters. The minimum absolute atomic E-state index is 0.187. The van der Waals surface area contributed by atoms with Crippen molar-refractivity contribution in [2.75, 3.05) is 0 Å². The van der Waals surface area contributed by atoms with Gasteiger partial charge in [-0.15, -0.1) is 5.54 Å². The molecule has 0 saturated heterocycles. The number of nitriles is 1. The minimum atomic E-state index is -1.49. The molecule has 13 heavy (non-hydrogen) atoms. The molecule has 0 radical (unpaired) electrons. The van der Waals surface area contributed by atoms with E-state index in [0.29, 0.717) is 0 Å². The Morgan fingerprint density at radius 1 is 1.54 bits per heavy atom. The molecule has 70 valence electrons. The molecular formula is C9H13NO2Si. The van der Waals surface area contributed by atoms with E-state index >= 15 is 0 Å². The summed E-state index contributed by atoms with van der Waals surface area (Å²) < 4.78 is 0. The van der Waals surface area contributed by atoms with Crippen molar-refractivity contribution < 1.29 is 9.90 Å². The van der Waals surface area contributed by atoms with E-state index in [1.807, 2.05) is 6.07 Å². The first-order valence-corrected chi connectivity index (χ1v) is 7.49. The Balaban J connectivity index is 4.37. The Morgan fingerprint density at radius 2 is 2.08 bits per heavy atom. The van der Waals surface area contributed by atoms with Gasteiger partial charge in [0.1, 0.15) is 14.0 Å². The molecule has 0 aromatic carbocycles. The van der Waals surface area contributed by atoms with Crippen LogP contribution in [0.15, 0.2) is 0 Å². The molecule has 0 aromatic rings. The third kappa shape index (κ3) is 7.11. The van der Waals surface area contributed by atoms with Gasteiger partial charge < -0.3 is 5.11 Å². The van der Waals surface area contributed by atoms with E-state index in [2.05, 4.69) is 31.1 Å². The van der Waals surface area contributed by atoms with Crippen molar-refractivity contribution in [3.8, 4) is 17.5 Å². The Bertz CT molecular complexity index is 287. The van der Waals surface area contributed by atoms with Crippen LogP contribution < -0.4 is 0 Å². The highest BCUT2D eigenvalue weighted by Gasteiger charge is 2.11. The van der Waals surface area contributed by atoms with Crippen LogP contribution in [0, 0.1) is 28.7 Å². The van der Waals surface area contributed by atoms with Crippen LogP contribution >= 0.6 is 0 Å². The second kappa shape index (κ2) is 4.69.